The van der Waals surface area contributed by atoms with Gasteiger partial charge in [0.25, 0.3) is 0 Å². The van der Waals surface area contributed by atoms with Crippen LogP contribution < -0.4 is 29.2 Å². The Morgan fingerprint density at radius 3 is 1.96 bits per heavy atom. The van der Waals surface area contributed by atoms with Crippen LogP contribution in [-0.2, 0) is 10.2 Å². The molecule has 4 aromatic carbocycles. The predicted molar refractivity (Wildman–Crippen MR) is 174 cm³/mol. The largest absolute Gasteiger partial charge is 0.493 e. The molecule has 4 aromatic rings. The standard InChI is InChI=1S/C37H32N2O7/c1-43-27-16-13-22(19-29(27)45-3)34(40)32-33(35(41)23-14-17-28(44-2)30(20-23)46-4)39-26-12-8-5-9-21(26)15-18-31(39)37(32)24-10-6-7-11-25(24)38-36(37)42/h5-20,31-33H,1-4H3,(H,38,42)/t31?,32-,33+,37+/m0/s1. The third kappa shape index (κ3) is 4.04. The summed E-state index contributed by atoms with van der Waals surface area (Å²) in [6, 6.07) is 23.2. The molecule has 4 atom stereocenters. The van der Waals surface area contributed by atoms with Crippen molar-refractivity contribution in [3.63, 3.8) is 0 Å². The van der Waals surface area contributed by atoms with E-state index in [1.165, 1.54) is 28.4 Å². The second-order valence-corrected chi connectivity index (χ2v) is 11.4. The van der Waals surface area contributed by atoms with Gasteiger partial charge < -0.3 is 29.2 Å². The van der Waals surface area contributed by atoms with Gasteiger partial charge in [-0.15, -0.1) is 0 Å². The van der Waals surface area contributed by atoms with E-state index in [0.717, 1.165) is 11.3 Å². The van der Waals surface area contributed by atoms with Gasteiger partial charge in [0.05, 0.1) is 40.4 Å². The first-order valence-corrected chi connectivity index (χ1v) is 14.9. The molecular weight excluding hydrogens is 584 g/mol. The lowest BCUT2D eigenvalue weighted by molar-refractivity contribution is -0.121. The molecule has 3 heterocycles. The molecule has 3 aliphatic rings. The number of amides is 1. The number of carbonyl (C=O) groups excluding carboxylic acids is 3. The van der Waals surface area contributed by atoms with E-state index in [9.17, 15) is 4.79 Å². The first-order valence-electron chi connectivity index (χ1n) is 14.9. The van der Waals surface area contributed by atoms with Gasteiger partial charge in [-0.05, 0) is 59.7 Å². The maximum Gasteiger partial charge on any atom is 0.238 e. The lowest BCUT2D eigenvalue weighted by Crippen LogP contribution is -2.51. The van der Waals surface area contributed by atoms with E-state index in [4.69, 9.17) is 18.9 Å². The highest BCUT2D eigenvalue weighted by Gasteiger charge is 2.70. The van der Waals surface area contributed by atoms with Crippen molar-refractivity contribution in [1.29, 1.82) is 0 Å². The van der Waals surface area contributed by atoms with Crippen molar-refractivity contribution in [2.75, 3.05) is 38.7 Å². The number of rotatable bonds is 8. The van der Waals surface area contributed by atoms with Gasteiger partial charge in [0, 0.05) is 22.5 Å². The summed E-state index contributed by atoms with van der Waals surface area (Å²) in [6.45, 7) is 0. The van der Waals surface area contributed by atoms with Crippen molar-refractivity contribution in [1.82, 2.24) is 0 Å². The minimum atomic E-state index is -1.44. The Hall–Kier alpha value is -5.57. The van der Waals surface area contributed by atoms with Gasteiger partial charge in [-0.2, -0.15) is 0 Å². The van der Waals surface area contributed by atoms with Gasteiger partial charge in [0.1, 0.15) is 11.5 Å². The van der Waals surface area contributed by atoms with Crippen molar-refractivity contribution in [2.45, 2.75) is 17.5 Å². The first-order chi connectivity index (χ1) is 22.4. The second-order valence-electron chi connectivity index (χ2n) is 11.4. The Bertz CT molecular complexity index is 1930. The van der Waals surface area contributed by atoms with Gasteiger partial charge in [0.15, 0.2) is 34.6 Å². The number of nitrogens with one attached hydrogen (secondary N) is 1. The average Bonchev–Trinajstić information content (AvgIpc) is 3.58. The van der Waals surface area contributed by atoms with E-state index in [-0.39, 0.29) is 17.5 Å². The van der Waals surface area contributed by atoms with Crippen LogP contribution in [-0.4, -0.2) is 58.0 Å². The van der Waals surface area contributed by atoms with E-state index < -0.39 is 23.4 Å². The molecule has 9 nitrogen and oxygen atoms in total. The molecule has 9 heteroatoms. The quantitative estimate of drug-likeness (QED) is 0.256. The molecule has 1 N–H and O–H groups in total. The number of hydrogen-bond donors (Lipinski definition) is 1. The van der Waals surface area contributed by atoms with Crippen LogP contribution in [0.2, 0.25) is 0 Å². The minimum absolute atomic E-state index is 0.293. The van der Waals surface area contributed by atoms with Crippen LogP contribution in [0.25, 0.3) is 6.08 Å². The number of ether oxygens (including phenoxy) is 4. The summed E-state index contributed by atoms with van der Waals surface area (Å²) < 4.78 is 22.0. The van der Waals surface area contributed by atoms with Crippen LogP contribution in [0.15, 0.2) is 91.0 Å². The average molecular weight is 617 g/mol. The Balaban J connectivity index is 1.51. The van der Waals surface area contributed by atoms with Crippen molar-refractivity contribution < 1.29 is 33.3 Å². The summed E-state index contributed by atoms with van der Waals surface area (Å²) in [6.07, 6.45) is 3.91. The number of Topliss-reactive ketones (excluding diaryl/α,β-unsaturated/α-hetero) is 2. The zero-order valence-electron chi connectivity index (χ0n) is 25.8. The molecule has 1 fully saturated rings. The zero-order chi connectivity index (χ0) is 32.2. The highest BCUT2D eigenvalue weighted by atomic mass is 16.5. The fourth-order valence-electron chi connectivity index (χ4n) is 7.45. The molecule has 0 aliphatic carbocycles. The number of ketones is 2. The molecule has 232 valence electrons. The molecule has 0 bridgehead atoms. The van der Waals surface area contributed by atoms with Crippen molar-refractivity contribution in [3.8, 4) is 23.0 Å². The predicted octanol–water partition coefficient (Wildman–Crippen LogP) is 5.58. The topological polar surface area (TPSA) is 103 Å². The normalized spacial score (nSPS) is 22.0. The monoisotopic (exact) mass is 616 g/mol. The summed E-state index contributed by atoms with van der Waals surface area (Å²) in [5, 5.41) is 3.05. The van der Waals surface area contributed by atoms with E-state index >= 15 is 9.59 Å². The minimum Gasteiger partial charge on any atom is -0.493 e. The summed E-state index contributed by atoms with van der Waals surface area (Å²) >= 11 is 0. The van der Waals surface area contributed by atoms with Crippen molar-refractivity contribution in [3.05, 3.63) is 113 Å². The van der Waals surface area contributed by atoms with Gasteiger partial charge in [-0.25, -0.2) is 0 Å². The van der Waals surface area contributed by atoms with Crippen LogP contribution in [0.3, 0.4) is 0 Å². The molecule has 1 spiro atoms. The molecule has 0 saturated carbocycles. The molecule has 1 saturated heterocycles. The molecule has 0 aromatic heterocycles. The second kappa shape index (κ2) is 11.1. The number of benzene rings is 4. The molecular formula is C37H32N2O7. The number of carbonyl (C=O) groups is 3. The van der Waals surface area contributed by atoms with E-state index in [1.54, 1.807) is 36.4 Å². The van der Waals surface area contributed by atoms with Gasteiger partial charge in [-0.1, -0.05) is 48.6 Å². The lowest BCUT2D eigenvalue weighted by atomic mass is 9.64. The smallest absolute Gasteiger partial charge is 0.238 e. The molecule has 0 radical (unpaired) electrons. The van der Waals surface area contributed by atoms with Crippen LogP contribution in [0, 0.1) is 5.92 Å². The number of fused-ring (bicyclic) bond motifs is 6. The number of hydrogen-bond acceptors (Lipinski definition) is 8. The fourth-order valence-corrected chi connectivity index (χ4v) is 7.45. The summed E-state index contributed by atoms with van der Waals surface area (Å²) in [7, 11) is 6.04. The maximum atomic E-state index is 15.1. The van der Waals surface area contributed by atoms with Crippen molar-refractivity contribution >= 4 is 34.9 Å². The van der Waals surface area contributed by atoms with Crippen molar-refractivity contribution in [2.24, 2.45) is 5.92 Å². The van der Waals surface area contributed by atoms with Crippen LogP contribution >= 0.6 is 0 Å². The lowest BCUT2D eigenvalue weighted by Gasteiger charge is -2.37. The Kier molecular flexibility index (Phi) is 7.04. The number of methoxy groups -OCH3 is 4. The SMILES string of the molecule is COc1ccc(C(=O)[C@@H]2[C@H](C(=O)c3ccc(OC)c(OC)c3)N3c4ccccc4C=CC3[C@@]23C(=O)Nc2ccccc23)cc1OC. The van der Waals surface area contributed by atoms with E-state index in [2.05, 4.69) is 5.32 Å². The first kappa shape index (κ1) is 29.2. The number of para-hydroxylation sites is 2. The number of anilines is 2. The Morgan fingerprint density at radius 2 is 1.30 bits per heavy atom. The van der Waals surface area contributed by atoms with Crippen LogP contribution in [0.1, 0.15) is 31.8 Å². The van der Waals surface area contributed by atoms with E-state index in [0.29, 0.717) is 45.4 Å². The van der Waals surface area contributed by atoms with Gasteiger partial charge in [0.2, 0.25) is 5.91 Å². The molecule has 46 heavy (non-hydrogen) atoms. The maximum absolute atomic E-state index is 15.1. The number of nitrogens with zero attached hydrogens (tertiary/aromatic N) is 1. The Morgan fingerprint density at radius 1 is 0.717 bits per heavy atom. The molecule has 1 amide bonds. The van der Waals surface area contributed by atoms with E-state index in [1.807, 2.05) is 65.6 Å². The van der Waals surface area contributed by atoms with Crippen LogP contribution in [0.5, 0.6) is 23.0 Å². The van der Waals surface area contributed by atoms with Gasteiger partial charge >= 0.3 is 0 Å². The highest BCUT2D eigenvalue weighted by molar-refractivity contribution is 6.18. The van der Waals surface area contributed by atoms with Crippen LogP contribution in [0.4, 0.5) is 11.4 Å². The van der Waals surface area contributed by atoms with Gasteiger partial charge in [-0.3, -0.25) is 14.4 Å². The summed E-state index contributed by atoms with van der Waals surface area (Å²) in [5.74, 6) is -0.518. The third-order valence-electron chi connectivity index (χ3n) is 9.43. The fraction of sp³-hybridized carbons (Fsp3) is 0.216. The Labute approximate surface area is 266 Å². The summed E-state index contributed by atoms with van der Waals surface area (Å²) in [5.41, 5.74) is 2.09. The third-order valence-corrected chi connectivity index (χ3v) is 9.43. The summed E-state index contributed by atoms with van der Waals surface area (Å²) in [4.78, 5) is 46.7. The molecule has 7 rings (SSSR count). The highest BCUT2D eigenvalue weighted by Crippen LogP contribution is 2.58. The zero-order valence-corrected chi connectivity index (χ0v) is 25.8. The molecule has 1 unspecified atom stereocenters. The molecule has 3 aliphatic heterocycles.